The molecule has 0 saturated carbocycles. The van der Waals surface area contributed by atoms with Crippen LogP contribution in [-0.4, -0.2) is 31.6 Å². The lowest BCUT2D eigenvalue weighted by molar-refractivity contribution is 0.332. The minimum Gasteiger partial charge on any atom is -0.497 e. The molecule has 2 heteroatoms. The second-order valence-corrected chi connectivity index (χ2v) is 4.79. The first-order valence-electron chi connectivity index (χ1n) is 6.13. The molecule has 0 bridgehead atoms. The van der Waals surface area contributed by atoms with Gasteiger partial charge >= 0.3 is 0 Å². The second kappa shape index (κ2) is 5.35. The summed E-state index contributed by atoms with van der Waals surface area (Å²) < 4.78 is 5.15. The van der Waals surface area contributed by atoms with Gasteiger partial charge in [-0.3, -0.25) is 0 Å². The molecule has 0 amide bonds. The first-order valence-corrected chi connectivity index (χ1v) is 6.13. The smallest absolute Gasteiger partial charge is 0.118 e. The minimum absolute atomic E-state index is 0.885. The number of methoxy groups -OCH3 is 1. The number of hydrogen-bond acceptors (Lipinski definition) is 2. The second-order valence-electron chi connectivity index (χ2n) is 4.79. The predicted molar refractivity (Wildman–Crippen MR) is 66.9 cm³/mol. The maximum atomic E-state index is 5.15. The Kier molecular flexibility index (Phi) is 3.83. The highest BCUT2D eigenvalue weighted by Gasteiger charge is 2.17. The van der Waals surface area contributed by atoms with Crippen molar-refractivity contribution < 1.29 is 4.74 Å². The van der Waals surface area contributed by atoms with E-state index in [1.807, 2.05) is 12.1 Å². The van der Waals surface area contributed by atoms with Gasteiger partial charge in [-0.2, -0.15) is 0 Å². The van der Waals surface area contributed by atoms with E-state index in [4.69, 9.17) is 4.74 Å². The molecule has 16 heavy (non-hydrogen) atoms. The van der Waals surface area contributed by atoms with Crippen LogP contribution in [0, 0.1) is 5.92 Å². The summed E-state index contributed by atoms with van der Waals surface area (Å²) in [6.45, 7) is 6.08. The van der Waals surface area contributed by atoms with Crippen molar-refractivity contribution in [2.45, 2.75) is 19.8 Å². The van der Waals surface area contributed by atoms with Crippen LogP contribution in [0.15, 0.2) is 24.3 Å². The fourth-order valence-corrected chi connectivity index (χ4v) is 2.31. The van der Waals surface area contributed by atoms with Crippen LogP contribution in [0.5, 0.6) is 5.75 Å². The third-order valence-corrected chi connectivity index (χ3v) is 3.38. The van der Waals surface area contributed by atoms with Gasteiger partial charge in [0.2, 0.25) is 0 Å². The molecule has 0 aromatic heterocycles. The molecule has 2 nitrogen and oxygen atoms in total. The lowest BCUT2D eigenvalue weighted by atomic mass is 10.1. The van der Waals surface area contributed by atoms with Crippen molar-refractivity contribution in [1.82, 2.24) is 4.90 Å². The van der Waals surface area contributed by atoms with Crippen LogP contribution in [0.25, 0.3) is 0 Å². The molecule has 0 N–H and O–H groups in total. The molecule has 1 aromatic carbocycles. The Morgan fingerprint density at radius 2 is 2.06 bits per heavy atom. The summed E-state index contributed by atoms with van der Waals surface area (Å²) >= 11 is 0. The highest BCUT2D eigenvalue weighted by molar-refractivity contribution is 5.27. The summed E-state index contributed by atoms with van der Waals surface area (Å²) in [5, 5.41) is 0. The van der Waals surface area contributed by atoms with Gasteiger partial charge in [0.1, 0.15) is 5.75 Å². The average Bonchev–Trinajstić information content (AvgIpc) is 2.73. The Labute approximate surface area is 98.2 Å². The summed E-state index contributed by atoms with van der Waals surface area (Å²) in [4.78, 5) is 2.56. The maximum Gasteiger partial charge on any atom is 0.118 e. The van der Waals surface area contributed by atoms with Gasteiger partial charge in [0.25, 0.3) is 0 Å². The van der Waals surface area contributed by atoms with Crippen LogP contribution in [0.3, 0.4) is 0 Å². The highest BCUT2D eigenvalue weighted by atomic mass is 16.5. The normalized spacial score (nSPS) is 21.2. The molecule has 0 radical (unpaired) electrons. The number of hydrogen-bond donors (Lipinski definition) is 0. The minimum atomic E-state index is 0.885. The van der Waals surface area contributed by atoms with Crippen molar-refractivity contribution in [3.63, 3.8) is 0 Å². The van der Waals surface area contributed by atoms with Crippen molar-refractivity contribution in [2.24, 2.45) is 5.92 Å². The van der Waals surface area contributed by atoms with Gasteiger partial charge in [0, 0.05) is 13.1 Å². The van der Waals surface area contributed by atoms with E-state index >= 15 is 0 Å². The molecular formula is C14H21NO. The summed E-state index contributed by atoms with van der Waals surface area (Å²) in [6.07, 6.45) is 2.51. The van der Waals surface area contributed by atoms with E-state index < -0.39 is 0 Å². The van der Waals surface area contributed by atoms with Crippen LogP contribution >= 0.6 is 0 Å². The molecule has 1 atom stereocenters. The Morgan fingerprint density at radius 1 is 1.31 bits per heavy atom. The van der Waals surface area contributed by atoms with Gasteiger partial charge < -0.3 is 9.64 Å². The van der Waals surface area contributed by atoms with E-state index in [2.05, 4.69) is 24.0 Å². The van der Waals surface area contributed by atoms with Crippen molar-refractivity contribution in [3.8, 4) is 5.75 Å². The van der Waals surface area contributed by atoms with E-state index in [1.165, 1.54) is 31.6 Å². The first kappa shape index (κ1) is 11.5. The molecule has 1 saturated heterocycles. The fourth-order valence-electron chi connectivity index (χ4n) is 2.31. The standard InChI is InChI=1S/C14H21NO/c1-12-7-9-15(11-12)10-8-13-3-5-14(16-2)6-4-13/h3-6,12H,7-11H2,1-2H3. The zero-order valence-electron chi connectivity index (χ0n) is 10.3. The quantitative estimate of drug-likeness (QED) is 0.771. The SMILES string of the molecule is COc1ccc(CCN2CCC(C)C2)cc1. The topological polar surface area (TPSA) is 12.5 Å². The summed E-state index contributed by atoms with van der Waals surface area (Å²) in [7, 11) is 1.71. The largest absolute Gasteiger partial charge is 0.497 e. The zero-order valence-corrected chi connectivity index (χ0v) is 10.3. The lowest BCUT2D eigenvalue weighted by Gasteiger charge is -2.14. The molecule has 1 heterocycles. The van der Waals surface area contributed by atoms with Crippen LogP contribution in [0.2, 0.25) is 0 Å². The van der Waals surface area contributed by atoms with Crippen molar-refractivity contribution in [1.29, 1.82) is 0 Å². The third kappa shape index (κ3) is 2.99. The molecule has 2 rings (SSSR count). The number of nitrogens with zero attached hydrogens (tertiary/aromatic N) is 1. The van der Waals surface area contributed by atoms with Crippen LogP contribution in [-0.2, 0) is 6.42 Å². The average molecular weight is 219 g/mol. The number of likely N-dealkylation sites (tertiary alicyclic amines) is 1. The molecule has 1 unspecified atom stereocenters. The van der Waals surface area contributed by atoms with Gasteiger partial charge in [-0.1, -0.05) is 19.1 Å². The predicted octanol–water partition coefficient (Wildman–Crippen LogP) is 2.58. The number of ether oxygens (including phenoxy) is 1. The first-order chi connectivity index (χ1) is 7.78. The van der Waals surface area contributed by atoms with E-state index in [9.17, 15) is 0 Å². The van der Waals surface area contributed by atoms with Gasteiger partial charge in [0.05, 0.1) is 7.11 Å². The van der Waals surface area contributed by atoms with Gasteiger partial charge in [-0.25, -0.2) is 0 Å². The molecule has 1 aliphatic heterocycles. The van der Waals surface area contributed by atoms with Gasteiger partial charge in [-0.05, 0) is 43.0 Å². The van der Waals surface area contributed by atoms with Crippen molar-refractivity contribution in [3.05, 3.63) is 29.8 Å². The Bertz CT molecular complexity index is 320. The fraction of sp³-hybridized carbons (Fsp3) is 0.571. The molecule has 1 fully saturated rings. The highest BCUT2D eigenvalue weighted by Crippen LogP contribution is 2.16. The number of benzene rings is 1. The summed E-state index contributed by atoms with van der Waals surface area (Å²) in [6, 6.07) is 8.42. The third-order valence-electron chi connectivity index (χ3n) is 3.38. The maximum absolute atomic E-state index is 5.15. The molecule has 0 aliphatic carbocycles. The Balaban J connectivity index is 1.80. The van der Waals surface area contributed by atoms with E-state index in [1.54, 1.807) is 7.11 Å². The molecular weight excluding hydrogens is 198 g/mol. The monoisotopic (exact) mass is 219 g/mol. The van der Waals surface area contributed by atoms with Crippen molar-refractivity contribution in [2.75, 3.05) is 26.7 Å². The molecule has 1 aromatic rings. The molecule has 1 aliphatic rings. The van der Waals surface area contributed by atoms with Gasteiger partial charge in [0.15, 0.2) is 0 Å². The summed E-state index contributed by atoms with van der Waals surface area (Å²) in [5.41, 5.74) is 1.40. The van der Waals surface area contributed by atoms with Crippen LogP contribution in [0.1, 0.15) is 18.9 Å². The zero-order chi connectivity index (χ0) is 11.4. The van der Waals surface area contributed by atoms with E-state index in [0.29, 0.717) is 0 Å². The summed E-state index contributed by atoms with van der Waals surface area (Å²) in [5.74, 6) is 1.83. The van der Waals surface area contributed by atoms with Gasteiger partial charge in [-0.15, -0.1) is 0 Å². The Morgan fingerprint density at radius 3 is 2.62 bits per heavy atom. The van der Waals surface area contributed by atoms with Crippen LogP contribution in [0.4, 0.5) is 0 Å². The van der Waals surface area contributed by atoms with Crippen LogP contribution < -0.4 is 4.74 Å². The van der Waals surface area contributed by atoms with E-state index in [0.717, 1.165) is 18.1 Å². The molecule has 88 valence electrons. The van der Waals surface area contributed by atoms with Crippen molar-refractivity contribution >= 4 is 0 Å². The van der Waals surface area contributed by atoms with E-state index in [-0.39, 0.29) is 0 Å². The molecule has 0 spiro atoms. The Hall–Kier alpha value is -1.02. The lowest BCUT2D eigenvalue weighted by Crippen LogP contribution is -2.22. The number of rotatable bonds is 4.